The Labute approximate surface area is 70.5 Å². The van der Waals surface area contributed by atoms with Gasteiger partial charge in [-0.05, 0) is 32.5 Å². The first-order valence-electron chi connectivity index (χ1n) is 4.62. The lowest BCUT2D eigenvalue weighted by Crippen LogP contribution is -2.19. The van der Waals surface area contributed by atoms with Gasteiger partial charge in [0.1, 0.15) is 0 Å². The second-order valence-corrected chi connectivity index (χ2v) is 2.81. The Morgan fingerprint density at radius 1 is 1.00 bits per heavy atom. The molecule has 0 aliphatic heterocycles. The third-order valence-electron chi connectivity index (χ3n) is 1.66. The van der Waals surface area contributed by atoms with Crippen LogP contribution in [0.5, 0.6) is 0 Å². The third-order valence-corrected chi connectivity index (χ3v) is 1.66. The van der Waals surface area contributed by atoms with E-state index in [-0.39, 0.29) is 0 Å². The zero-order valence-electron chi connectivity index (χ0n) is 7.44. The number of nitrogens with two attached hydrogens (primary N) is 1. The molecule has 0 aromatic carbocycles. The second-order valence-electron chi connectivity index (χ2n) is 2.81. The Balaban J connectivity index is 2.69. The average molecular weight is 157 g/mol. The maximum absolute atomic E-state index is 5.34. The van der Waals surface area contributed by atoms with Crippen molar-refractivity contribution >= 4 is 0 Å². The third kappa shape index (κ3) is 9.92. The summed E-state index contributed by atoms with van der Waals surface area (Å²) in [5.41, 5.74) is 5.34. The molecule has 0 saturated carbocycles. The zero-order chi connectivity index (χ0) is 8.36. The van der Waals surface area contributed by atoms with Crippen molar-refractivity contribution in [1.82, 2.24) is 5.32 Å². The van der Waals surface area contributed by atoms with E-state index in [1.807, 2.05) is 0 Å². The molecule has 2 nitrogen and oxygen atoms in total. The first-order chi connectivity index (χ1) is 5.41. The molecule has 0 bridgehead atoms. The topological polar surface area (TPSA) is 38.0 Å². The number of unbranched alkanes of at least 4 members (excludes halogenated alkanes) is 3. The Hall–Kier alpha value is -0.0800. The lowest BCUT2D eigenvalue weighted by atomic mass is 10.2. The summed E-state index contributed by atoms with van der Waals surface area (Å²) in [6.07, 6.45) is 6.01. The van der Waals surface area contributed by atoms with Crippen molar-refractivity contribution in [3.63, 3.8) is 0 Å². The molecule has 0 aromatic rings. The molecule has 2 heteroatoms. The van der Waals surface area contributed by atoms with E-state index in [2.05, 4.69) is 12.2 Å². The smallest absolute Gasteiger partial charge is 0.00369 e. The van der Waals surface area contributed by atoms with Crippen LogP contribution in [0, 0.1) is 6.92 Å². The minimum atomic E-state index is 0.798. The summed E-state index contributed by atoms with van der Waals surface area (Å²) in [4.78, 5) is 0. The first kappa shape index (κ1) is 10.9. The molecule has 0 amide bonds. The van der Waals surface area contributed by atoms with Crippen LogP contribution in [0.1, 0.15) is 32.1 Å². The number of hydrogen-bond acceptors (Lipinski definition) is 2. The highest BCUT2D eigenvalue weighted by atomic mass is 14.8. The predicted octanol–water partition coefficient (Wildman–Crippen LogP) is 1.32. The van der Waals surface area contributed by atoms with Crippen molar-refractivity contribution < 1.29 is 0 Å². The molecular formula is C9H21N2. The van der Waals surface area contributed by atoms with E-state index in [9.17, 15) is 0 Å². The van der Waals surface area contributed by atoms with Crippen LogP contribution in [0.2, 0.25) is 0 Å². The Morgan fingerprint density at radius 3 is 2.36 bits per heavy atom. The van der Waals surface area contributed by atoms with Crippen LogP contribution in [0.3, 0.4) is 0 Å². The minimum Gasteiger partial charge on any atom is -0.330 e. The Morgan fingerprint density at radius 2 is 1.73 bits per heavy atom. The molecular weight excluding hydrogens is 136 g/mol. The van der Waals surface area contributed by atoms with Crippen LogP contribution >= 0.6 is 0 Å². The SMILES string of the molecule is [CH2]CCCCCNCCCN. The molecule has 0 rings (SSSR count). The quantitative estimate of drug-likeness (QED) is 0.521. The monoisotopic (exact) mass is 157 g/mol. The van der Waals surface area contributed by atoms with Crippen molar-refractivity contribution in [2.24, 2.45) is 5.73 Å². The summed E-state index contributed by atoms with van der Waals surface area (Å²) < 4.78 is 0. The van der Waals surface area contributed by atoms with Gasteiger partial charge >= 0.3 is 0 Å². The molecule has 0 spiro atoms. The molecule has 0 saturated heterocycles. The van der Waals surface area contributed by atoms with Crippen molar-refractivity contribution in [2.75, 3.05) is 19.6 Å². The second kappa shape index (κ2) is 9.92. The summed E-state index contributed by atoms with van der Waals surface area (Å²) in [7, 11) is 0. The van der Waals surface area contributed by atoms with Crippen LogP contribution in [-0.2, 0) is 0 Å². The summed E-state index contributed by atoms with van der Waals surface area (Å²) in [6, 6.07) is 0. The van der Waals surface area contributed by atoms with Gasteiger partial charge in [-0.15, -0.1) is 0 Å². The number of rotatable bonds is 8. The standard InChI is InChI=1S/C9H21N2/c1-2-3-4-5-8-11-9-6-7-10/h11H,1-10H2. The summed E-state index contributed by atoms with van der Waals surface area (Å²) in [5.74, 6) is 0. The largest absolute Gasteiger partial charge is 0.330 e. The van der Waals surface area contributed by atoms with Gasteiger partial charge in [-0.3, -0.25) is 0 Å². The molecule has 0 unspecified atom stereocenters. The zero-order valence-corrected chi connectivity index (χ0v) is 7.44. The molecule has 0 aliphatic rings. The molecule has 0 atom stereocenters. The summed E-state index contributed by atoms with van der Waals surface area (Å²) >= 11 is 0. The van der Waals surface area contributed by atoms with Gasteiger partial charge in [0, 0.05) is 0 Å². The lowest BCUT2D eigenvalue weighted by Gasteiger charge is -2.02. The minimum absolute atomic E-state index is 0.798. The molecule has 0 fully saturated rings. The van der Waals surface area contributed by atoms with E-state index in [4.69, 9.17) is 5.73 Å². The Kier molecular flexibility index (Phi) is 9.85. The molecule has 11 heavy (non-hydrogen) atoms. The first-order valence-corrected chi connectivity index (χ1v) is 4.62. The van der Waals surface area contributed by atoms with Crippen molar-refractivity contribution in [3.8, 4) is 0 Å². The Bertz CT molecular complexity index is 56.6. The van der Waals surface area contributed by atoms with Gasteiger partial charge in [-0.2, -0.15) is 0 Å². The fourth-order valence-corrected chi connectivity index (χ4v) is 0.956. The molecule has 1 radical (unpaired) electrons. The highest BCUT2D eigenvalue weighted by molar-refractivity contribution is 4.50. The fraction of sp³-hybridized carbons (Fsp3) is 0.889. The van der Waals surface area contributed by atoms with E-state index in [1.54, 1.807) is 0 Å². The van der Waals surface area contributed by atoms with Crippen LogP contribution in [-0.4, -0.2) is 19.6 Å². The summed E-state index contributed by atoms with van der Waals surface area (Å²) in [6.45, 7) is 6.80. The van der Waals surface area contributed by atoms with Crippen molar-refractivity contribution in [1.29, 1.82) is 0 Å². The molecule has 0 heterocycles. The van der Waals surface area contributed by atoms with Crippen LogP contribution in [0.4, 0.5) is 0 Å². The van der Waals surface area contributed by atoms with Gasteiger partial charge in [0.2, 0.25) is 0 Å². The van der Waals surface area contributed by atoms with Gasteiger partial charge in [0.15, 0.2) is 0 Å². The lowest BCUT2D eigenvalue weighted by molar-refractivity contribution is 0.594. The van der Waals surface area contributed by atoms with Gasteiger partial charge in [0.05, 0.1) is 0 Å². The molecule has 0 aromatic heterocycles. The van der Waals surface area contributed by atoms with E-state index in [1.165, 1.54) is 19.3 Å². The van der Waals surface area contributed by atoms with Gasteiger partial charge in [-0.25, -0.2) is 0 Å². The van der Waals surface area contributed by atoms with Crippen LogP contribution in [0.25, 0.3) is 0 Å². The van der Waals surface area contributed by atoms with Crippen molar-refractivity contribution in [3.05, 3.63) is 6.92 Å². The van der Waals surface area contributed by atoms with E-state index in [0.29, 0.717) is 0 Å². The maximum Gasteiger partial charge on any atom is -0.00369 e. The normalized spacial score (nSPS) is 10.4. The van der Waals surface area contributed by atoms with Crippen LogP contribution < -0.4 is 11.1 Å². The van der Waals surface area contributed by atoms with Crippen molar-refractivity contribution in [2.45, 2.75) is 32.1 Å². The highest BCUT2D eigenvalue weighted by Gasteiger charge is 1.87. The predicted molar refractivity (Wildman–Crippen MR) is 50.4 cm³/mol. The molecule has 67 valence electrons. The van der Waals surface area contributed by atoms with E-state index < -0.39 is 0 Å². The number of hydrogen-bond donors (Lipinski definition) is 2. The number of nitrogens with one attached hydrogen (secondary N) is 1. The molecule has 0 aliphatic carbocycles. The highest BCUT2D eigenvalue weighted by Crippen LogP contribution is 1.96. The van der Waals surface area contributed by atoms with E-state index in [0.717, 1.165) is 32.5 Å². The van der Waals surface area contributed by atoms with Gasteiger partial charge in [0.25, 0.3) is 0 Å². The van der Waals surface area contributed by atoms with Crippen LogP contribution in [0.15, 0.2) is 0 Å². The average Bonchev–Trinajstić information content (AvgIpc) is 2.03. The van der Waals surface area contributed by atoms with Gasteiger partial charge < -0.3 is 11.1 Å². The van der Waals surface area contributed by atoms with E-state index >= 15 is 0 Å². The maximum atomic E-state index is 5.34. The van der Waals surface area contributed by atoms with Gasteiger partial charge in [-0.1, -0.05) is 26.2 Å². The fourth-order valence-electron chi connectivity index (χ4n) is 0.956. The summed E-state index contributed by atoms with van der Waals surface area (Å²) in [5, 5.41) is 3.34. The molecule has 3 N–H and O–H groups in total.